The fourth-order valence-corrected chi connectivity index (χ4v) is 10.9. The first-order valence-electron chi connectivity index (χ1n) is 28.2. The van der Waals surface area contributed by atoms with E-state index in [1.165, 1.54) is 27.9 Å². The van der Waals surface area contributed by atoms with Gasteiger partial charge < -0.3 is 66.9 Å². The highest BCUT2D eigenvalue weighted by Gasteiger charge is 2.57. The molecule has 82 heavy (non-hydrogen) atoms. The Kier molecular flexibility index (Phi) is 26.8. The van der Waals surface area contributed by atoms with Crippen LogP contribution in [0.4, 0.5) is 0 Å². The minimum atomic E-state index is -1.54. The number of amides is 1. The number of rotatable bonds is 31. The summed E-state index contributed by atoms with van der Waals surface area (Å²) >= 11 is 13.4. The van der Waals surface area contributed by atoms with E-state index in [1.807, 2.05) is 128 Å². The number of hydrogen-bond acceptors (Lipinski definition) is 17. The second-order valence-electron chi connectivity index (χ2n) is 20.6. The van der Waals surface area contributed by atoms with Crippen LogP contribution < -0.4 is 5.32 Å². The van der Waals surface area contributed by atoms with Crippen molar-refractivity contribution >= 4 is 47.0 Å². The van der Waals surface area contributed by atoms with Crippen LogP contribution in [0, 0.1) is 0 Å². The van der Waals surface area contributed by atoms with Crippen molar-refractivity contribution in [2.24, 2.45) is 0 Å². The van der Waals surface area contributed by atoms with Gasteiger partial charge in [0, 0.05) is 33.8 Å². The zero-order chi connectivity index (χ0) is 58.2. The largest absolute Gasteiger partial charge is 0.469 e. The first-order chi connectivity index (χ1) is 39.8. The Hall–Kier alpha value is -5.06. The summed E-state index contributed by atoms with van der Waals surface area (Å²) in [5.74, 6) is -2.32. The van der Waals surface area contributed by atoms with Crippen LogP contribution >= 0.6 is 23.2 Å². The van der Waals surface area contributed by atoms with Gasteiger partial charge in [0.05, 0.1) is 58.2 Å². The lowest BCUT2D eigenvalue weighted by Gasteiger charge is -2.51. The van der Waals surface area contributed by atoms with E-state index >= 15 is 0 Å². The highest BCUT2D eigenvalue weighted by Crippen LogP contribution is 2.39. The van der Waals surface area contributed by atoms with Crippen molar-refractivity contribution < 1.29 is 80.8 Å². The van der Waals surface area contributed by atoms with Crippen molar-refractivity contribution in [1.29, 1.82) is 0 Å². The number of nitrogens with one attached hydrogen (secondary N) is 1. The van der Waals surface area contributed by atoms with Crippen LogP contribution in [0.15, 0.2) is 121 Å². The van der Waals surface area contributed by atoms with Crippen LogP contribution in [0.1, 0.15) is 94.9 Å². The lowest BCUT2D eigenvalue weighted by atomic mass is 9.94. The van der Waals surface area contributed by atoms with Crippen LogP contribution in [0.5, 0.6) is 0 Å². The average Bonchev–Trinajstić information content (AvgIpc) is 3.53. The lowest BCUT2D eigenvalue weighted by Crippen LogP contribution is -2.70. The molecule has 3 aliphatic heterocycles. The Morgan fingerprint density at radius 1 is 0.512 bits per heavy atom. The topological polar surface area (TPSA) is 200 Å². The summed E-state index contributed by atoms with van der Waals surface area (Å²) in [6.45, 7) is 6.38. The lowest BCUT2D eigenvalue weighted by molar-refractivity contribution is -0.374. The number of halogens is 2. The monoisotopic (exact) mass is 1180 g/mol. The summed E-state index contributed by atoms with van der Waals surface area (Å²) in [6, 6.07) is 37.6. The minimum absolute atomic E-state index is 0.104. The molecule has 0 aliphatic carbocycles. The van der Waals surface area contributed by atoms with Crippen molar-refractivity contribution in [3.8, 4) is 0 Å². The number of alkyl halides is 2. The van der Waals surface area contributed by atoms with Crippen LogP contribution in [0.25, 0.3) is 0 Å². The maximum atomic E-state index is 13.7. The fraction of sp³-hybridized carbons (Fsp3) is 0.548. The summed E-state index contributed by atoms with van der Waals surface area (Å²) in [5, 5.41) is 1.98. The van der Waals surface area contributed by atoms with E-state index in [0.717, 1.165) is 54.4 Å². The van der Waals surface area contributed by atoms with Gasteiger partial charge in [-0.3, -0.25) is 19.2 Å². The van der Waals surface area contributed by atoms with Crippen LogP contribution in [0.3, 0.4) is 0 Å². The Morgan fingerprint density at radius 2 is 0.988 bits per heavy atom. The molecule has 448 valence electrons. The maximum Gasteiger partial charge on any atom is 0.305 e. The van der Waals surface area contributed by atoms with Gasteiger partial charge in [-0.15, -0.1) is 23.2 Å². The van der Waals surface area contributed by atoms with E-state index in [2.05, 4.69) is 5.32 Å². The normalized spacial score (nSPS) is 28.2. The molecule has 7 rings (SSSR count). The number of ether oxygens (including phenoxy) is 13. The Balaban J connectivity index is 1.30. The molecule has 3 saturated heterocycles. The number of unbranched alkanes of at least 4 members (excludes halogenated alkanes) is 5. The molecule has 0 spiro atoms. The highest BCUT2D eigenvalue weighted by molar-refractivity contribution is 6.23. The standard InChI is InChI=1S/C62H79Cl2NO17/c1-40-53(73-36-45-26-16-11-17-27-45)57(74-37-46-28-18-12-19-29-46)58(75-38-47-30-20-13-21-31-47)61(76-40)82-56-52(65-41(2)66)60(72-33-23-9-7-6-8-22-32-50(69)70-5)80-49(39-71-35-44-24-14-10-15-25-44)54(56)81-62-59(78-43(4)68)55(77-42(3)67)51(64)48(34-63)79-62/h10-21,24-31,40,48-49,51-62H,6-9,22-23,32-39H2,1-5H3,(H,65,66)/t40-,48+,49+,51-,52+,53+,54+,55-,56+,57+,58-,59+,60+,61-,62-/m0/s1. The molecule has 1 N–H and O–H groups in total. The number of benzene rings is 4. The zero-order valence-electron chi connectivity index (χ0n) is 47.3. The van der Waals surface area contributed by atoms with Gasteiger partial charge in [-0.05, 0) is 42.0 Å². The zero-order valence-corrected chi connectivity index (χ0v) is 48.8. The van der Waals surface area contributed by atoms with Crippen molar-refractivity contribution in [3.05, 3.63) is 144 Å². The predicted molar refractivity (Wildman–Crippen MR) is 302 cm³/mol. The van der Waals surface area contributed by atoms with E-state index in [0.29, 0.717) is 12.8 Å². The summed E-state index contributed by atoms with van der Waals surface area (Å²) in [5.41, 5.74) is 3.57. The summed E-state index contributed by atoms with van der Waals surface area (Å²) in [7, 11) is 1.39. The van der Waals surface area contributed by atoms with Crippen LogP contribution in [-0.2, 0) is 107 Å². The van der Waals surface area contributed by atoms with Crippen molar-refractivity contribution in [2.45, 2.75) is 190 Å². The molecule has 0 aromatic heterocycles. The van der Waals surface area contributed by atoms with Gasteiger partial charge in [0.1, 0.15) is 48.0 Å². The highest BCUT2D eigenvalue weighted by atomic mass is 35.5. The quantitative estimate of drug-likeness (QED) is 0.0216. The molecular weight excluding hydrogens is 1100 g/mol. The first kappa shape index (κ1) is 64.5. The fourth-order valence-electron chi connectivity index (χ4n) is 10.2. The Labute approximate surface area is 491 Å². The molecule has 15 atom stereocenters. The third-order valence-corrected chi connectivity index (χ3v) is 15.0. The van der Waals surface area contributed by atoms with Gasteiger partial charge in [0.25, 0.3) is 0 Å². The van der Waals surface area contributed by atoms with Crippen LogP contribution in [0.2, 0.25) is 0 Å². The molecule has 3 fully saturated rings. The van der Waals surface area contributed by atoms with Gasteiger partial charge in [-0.2, -0.15) is 0 Å². The summed E-state index contributed by atoms with van der Waals surface area (Å²) in [4.78, 5) is 51.0. The van der Waals surface area contributed by atoms with Crippen molar-refractivity contribution in [3.63, 3.8) is 0 Å². The van der Waals surface area contributed by atoms with E-state index in [1.54, 1.807) is 0 Å². The molecule has 0 radical (unpaired) electrons. The molecule has 4 aromatic rings. The Morgan fingerprint density at radius 3 is 1.52 bits per heavy atom. The number of carbonyl (C=O) groups is 4. The van der Waals surface area contributed by atoms with E-state index in [4.69, 9.17) is 84.8 Å². The molecule has 18 nitrogen and oxygen atoms in total. The third-order valence-electron chi connectivity index (χ3n) is 14.2. The smallest absolute Gasteiger partial charge is 0.305 e. The summed E-state index contributed by atoms with van der Waals surface area (Å²) < 4.78 is 85.1. The van der Waals surface area contributed by atoms with Gasteiger partial charge in [0.2, 0.25) is 5.91 Å². The maximum absolute atomic E-state index is 13.7. The second kappa shape index (κ2) is 34.0. The van der Waals surface area contributed by atoms with Gasteiger partial charge in [-0.1, -0.05) is 147 Å². The SMILES string of the molecule is COC(=O)CCCCCCCCO[C@@H]1O[C@H](COCc2ccccc2)[C@@H](O[C@@H]2O[C@H](CCl)[C@H](Cl)[C@H](OC(C)=O)[C@H]2OC(C)=O)[C@H](O[C@@H]2O[C@@H](C)[C@@H](OCc3ccccc3)[C@@H](OCc3ccccc3)[C@@H]2OCc2ccccc2)[C@H]1NC(C)=O. The van der Waals surface area contributed by atoms with E-state index in [9.17, 15) is 19.2 Å². The van der Waals surface area contributed by atoms with E-state index < -0.39 is 109 Å². The second-order valence-corrected chi connectivity index (χ2v) is 21.4. The van der Waals surface area contributed by atoms with Crippen molar-refractivity contribution in [1.82, 2.24) is 5.32 Å². The number of hydrogen-bond donors (Lipinski definition) is 1. The van der Waals surface area contributed by atoms with E-state index in [-0.39, 0.29) is 51.5 Å². The van der Waals surface area contributed by atoms with Crippen molar-refractivity contribution in [2.75, 3.05) is 26.2 Å². The van der Waals surface area contributed by atoms with Gasteiger partial charge >= 0.3 is 17.9 Å². The number of methoxy groups -OCH3 is 1. The number of esters is 3. The molecule has 3 aliphatic rings. The van der Waals surface area contributed by atoms with Crippen LogP contribution in [-0.4, -0.2) is 141 Å². The van der Waals surface area contributed by atoms with Gasteiger partial charge in [-0.25, -0.2) is 0 Å². The molecular formula is C62H79Cl2NO17. The molecule has 4 aromatic carbocycles. The summed E-state index contributed by atoms with van der Waals surface area (Å²) in [6.07, 6.45) is -9.56. The minimum Gasteiger partial charge on any atom is -0.469 e. The molecule has 0 bridgehead atoms. The predicted octanol–water partition coefficient (Wildman–Crippen LogP) is 9.06. The molecule has 0 saturated carbocycles. The molecule has 3 heterocycles. The molecule has 0 unspecified atom stereocenters. The Bertz CT molecular complexity index is 2500. The van der Waals surface area contributed by atoms with Gasteiger partial charge in [0.15, 0.2) is 31.1 Å². The molecule has 1 amide bonds. The number of carbonyl (C=O) groups excluding carboxylic acids is 4. The molecule has 20 heteroatoms. The first-order valence-corrected chi connectivity index (χ1v) is 29.1. The third kappa shape index (κ3) is 19.8. The average molecular weight is 1180 g/mol.